The van der Waals surface area contributed by atoms with Gasteiger partial charge < -0.3 is 15.3 Å². The Labute approximate surface area is 158 Å². The van der Waals surface area contributed by atoms with E-state index in [1.165, 1.54) is 11.8 Å². The minimum absolute atomic E-state index is 0.0941. The highest BCUT2D eigenvalue weighted by molar-refractivity contribution is 8.00. The molecular formula is C19H26N2O4S. The molecule has 1 heterocycles. The van der Waals surface area contributed by atoms with Crippen molar-refractivity contribution in [2.75, 3.05) is 25.4 Å². The van der Waals surface area contributed by atoms with Gasteiger partial charge in [-0.3, -0.25) is 14.4 Å². The fourth-order valence-corrected chi connectivity index (χ4v) is 3.90. The van der Waals surface area contributed by atoms with Crippen molar-refractivity contribution in [2.24, 2.45) is 5.92 Å². The van der Waals surface area contributed by atoms with E-state index in [0.29, 0.717) is 17.7 Å². The lowest BCUT2D eigenvalue weighted by Gasteiger charge is -2.16. The number of likely N-dealkylation sites (tertiary alicyclic amines) is 1. The van der Waals surface area contributed by atoms with Crippen LogP contribution in [0.25, 0.3) is 0 Å². The number of thioether (sulfide) groups is 1. The molecule has 6 nitrogen and oxygen atoms in total. The lowest BCUT2D eigenvalue weighted by molar-refractivity contribution is -0.141. The number of rotatable bonds is 9. The molecule has 142 valence electrons. The Balaban J connectivity index is 1.95. The summed E-state index contributed by atoms with van der Waals surface area (Å²) in [5, 5.41) is 11.9. The number of aliphatic carboxylic acids is 1. The van der Waals surface area contributed by atoms with E-state index in [4.69, 9.17) is 0 Å². The minimum Gasteiger partial charge on any atom is -0.481 e. The molecule has 1 fully saturated rings. The van der Waals surface area contributed by atoms with Gasteiger partial charge in [-0.1, -0.05) is 25.5 Å². The van der Waals surface area contributed by atoms with Crippen molar-refractivity contribution in [1.82, 2.24) is 10.2 Å². The predicted octanol–water partition coefficient (Wildman–Crippen LogP) is 2.63. The van der Waals surface area contributed by atoms with Crippen LogP contribution in [0.5, 0.6) is 0 Å². The molecule has 26 heavy (non-hydrogen) atoms. The summed E-state index contributed by atoms with van der Waals surface area (Å²) >= 11 is 1.35. The molecule has 1 aliphatic heterocycles. The fraction of sp³-hybridized carbons (Fsp3) is 0.526. The highest BCUT2D eigenvalue weighted by atomic mass is 32.2. The van der Waals surface area contributed by atoms with Gasteiger partial charge in [-0.2, -0.15) is 0 Å². The van der Waals surface area contributed by atoms with E-state index in [1.54, 1.807) is 12.1 Å². The molecule has 1 aliphatic rings. The molecule has 0 saturated carbocycles. The molecule has 2 rings (SSSR count). The van der Waals surface area contributed by atoms with Gasteiger partial charge >= 0.3 is 5.97 Å². The van der Waals surface area contributed by atoms with Crippen molar-refractivity contribution >= 4 is 29.5 Å². The minimum atomic E-state index is -0.897. The third kappa shape index (κ3) is 5.76. The van der Waals surface area contributed by atoms with E-state index in [9.17, 15) is 19.5 Å². The van der Waals surface area contributed by atoms with Crippen LogP contribution in [-0.2, 0) is 9.59 Å². The summed E-state index contributed by atoms with van der Waals surface area (Å²) in [6.07, 6.45) is 3.38. The van der Waals surface area contributed by atoms with Crippen molar-refractivity contribution in [3.63, 3.8) is 0 Å². The lowest BCUT2D eigenvalue weighted by atomic mass is 10.0. The van der Waals surface area contributed by atoms with Crippen LogP contribution >= 0.6 is 11.8 Å². The van der Waals surface area contributed by atoms with Gasteiger partial charge in [0.1, 0.15) is 0 Å². The monoisotopic (exact) mass is 378 g/mol. The van der Waals surface area contributed by atoms with Gasteiger partial charge in [0, 0.05) is 24.5 Å². The molecule has 1 aromatic carbocycles. The Morgan fingerprint density at radius 2 is 1.92 bits per heavy atom. The van der Waals surface area contributed by atoms with E-state index in [0.717, 1.165) is 37.2 Å². The molecule has 0 aromatic heterocycles. The number of hydrogen-bond donors (Lipinski definition) is 2. The van der Waals surface area contributed by atoms with E-state index in [-0.39, 0.29) is 18.4 Å². The Bertz CT molecular complexity index is 644. The number of benzene rings is 1. The zero-order valence-corrected chi connectivity index (χ0v) is 15.9. The predicted molar refractivity (Wildman–Crippen MR) is 101 cm³/mol. The first kappa shape index (κ1) is 20.3. The molecule has 1 atom stereocenters. The summed E-state index contributed by atoms with van der Waals surface area (Å²) in [4.78, 5) is 38.5. The number of nitrogens with one attached hydrogen (secondary N) is 1. The summed E-state index contributed by atoms with van der Waals surface area (Å²) < 4.78 is 0. The molecule has 1 saturated heterocycles. The van der Waals surface area contributed by atoms with E-state index < -0.39 is 11.9 Å². The smallest absolute Gasteiger partial charge is 0.308 e. The average molecular weight is 378 g/mol. The third-order valence-corrected chi connectivity index (χ3v) is 5.50. The second kappa shape index (κ2) is 10.2. The number of hydrogen-bond acceptors (Lipinski definition) is 4. The molecule has 0 spiro atoms. The maximum absolute atomic E-state index is 12.5. The molecule has 0 radical (unpaired) electrons. The van der Waals surface area contributed by atoms with Gasteiger partial charge in [-0.15, -0.1) is 11.8 Å². The summed E-state index contributed by atoms with van der Waals surface area (Å²) in [5.41, 5.74) is 0.479. The van der Waals surface area contributed by atoms with Gasteiger partial charge in [0.2, 0.25) is 5.91 Å². The van der Waals surface area contributed by atoms with Crippen LogP contribution in [0.15, 0.2) is 29.2 Å². The highest BCUT2D eigenvalue weighted by Crippen LogP contribution is 2.24. The topological polar surface area (TPSA) is 86.7 Å². The standard InChI is InChI=1S/C19H26N2O4S/c1-2-7-14(19(24)25)12-20-18(23)15-8-3-4-9-16(15)26-13-17(22)21-10-5-6-11-21/h3-4,8-9,14H,2,5-7,10-13H2,1H3,(H,20,23)(H,24,25). The zero-order valence-electron chi connectivity index (χ0n) is 15.1. The van der Waals surface area contributed by atoms with Gasteiger partial charge in [-0.25, -0.2) is 0 Å². The van der Waals surface area contributed by atoms with Crippen LogP contribution in [0, 0.1) is 5.92 Å². The van der Waals surface area contributed by atoms with Gasteiger partial charge in [0.25, 0.3) is 5.91 Å². The van der Waals surface area contributed by atoms with Crippen molar-refractivity contribution in [3.8, 4) is 0 Å². The van der Waals surface area contributed by atoms with Crippen molar-refractivity contribution in [3.05, 3.63) is 29.8 Å². The summed E-state index contributed by atoms with van der Waals surface area (Å²) in [6.45, 7) is 3.65. The number of amides is 2. The molecule has 1 aromatic rings. The van der Waals surface area contributed by atoms with Crippen LogP contribution in [0.4, 0.5) is 0 Å². The first-order chi connectivity index (χ1) is 12.5. The molecule has 0 aliphatic carbocycles. The average Bonchev–Trinajstić information content (AvgIpc) is 3.17. The number of carboxylic acids is 1. The van der Waals surface area contributed by atoms with Crippen LogP contribution < -0.4 is 5.32 Å². The molecule has 0 bridgehead atoms. The largest absolute Gasteiger partial charge is 0.481 e. The Kier molecular flexibility index (Phi) is 7.97. The van der Waals surface area contributed by atoms with Gasteiger partial charge in [0.15, 0.2) is 0 Å². The normalized spacial score (nSPS) is 14.9. The second-order valence-corrected chi connectivity index (χ2v) is 7.42. The van der Waals surface area contributed by atoms with Crippen LogP contribution in [0.3, 0.4) is 0 Å². The number of carbonyl (C=O) groups is 3. The summed E-state index contributed by atoms with van der Waals surface area (Å²) in [7, 11) is 0. The third-order valence-electron chi connectivity index (χ3n) is 4.44. The lowest BCUT2D eigenvalue weighted by Crippen LogP contribution is -2.33. The summed E-state index contributed by atoms with van der Waals surface area (Å²) in [6, 6.07) is 7.11. The Hall–Kier alpha value is -2.02. The fourth-order valence-electron chi connectivity index (χ4n) is 2.95. The van der Waals surface area contributed by atoms with Crippen molar-refractivity contribution < 1.29 is 19.5 Å². The maximum atomic E-state index is 12.5. The van der Waals surface area contributed by atoms with Crippen molar-refractivity contribution in [2.45, 2.75) is 37.5 Å². The molecule has 7 heteroatoms. The van der Waals surface area contributed by atoms with Crippen molar-refractivity contribution in [1.29, 1.82) is 0 Å². The van der Waals surface area contributed by atoms with Gasteiger partial charge in [0.05, 0.1) is 17.2 Å². The Morgan fingerprint density at radius 3 is 2.58 bits per heavy atom. The molecule has 1 unspecified atom stereocenters. The van der Waals surface area contributed by atoms with E-state index >= 15 is 0 Å². The number of carboxylic acid groups (broad SMARTS) is 1. The first-order valence-electron chi connectivity index (χ1n) is 9.03. The van der Waals surface area contributed by atoms with E-state index in [1.807, 2.05) is 24.0 Å². The second-order valence-electron chi connectivity index (χ2n) is 6.41. The first-order valence-corrected chi connectivity index (χ1v) is 10.0. The summed E-state index contributed by atoms with van der Waals surface area (Å²) in [5.74, 6) is -1.38. The molecule has 2 amide bonds. The van der Waals surface area contributed by atoms with Gasteiger partial charge in [-0.05, 0) is 31.4 Å². The molecule has 2 N–H and O–H groups in total. The van der Waals surface area contributed by atoms with Crippen LogP contribution in [0.1, 0.15) is 43.0 Å². The zero-order chi connectivity index (χ0) is 18.9. The van der Waals surface area contributed by atoms with Crippen LogP contribution in [-0.4, -0.2) is 53.2 Å². The van der Waals surface area contributed by atoms with E-state index in [2.05, 4.69) is 5.32 Å². The quantitative estimate of drug-likeness (QED) is 0.645. The Morgan fingerprint density at radius 1 is 1.23 bits per heavy atom. The maximum Gasteiger partial charge on any atom is 0.308 e. The number of carbonyl (C=O) groups excluding carboxylic acids is 2. The highest BCUT2D eigenvalue weighted by Gasteiger charge is 2.21. The molecular weight excluding hydrogens is 352 g/mol. The number of nitrogens with zero attached hydrogens (tertiary/aromatic N) is 1. The SMILES string of the molecule is CCCC(CNC(=O)c1ccccc1SCC(=O)N1CCCC1)C(=O)O. The van der Waals surface area contributed by atoms with Crippen LogP contribution in [0.2, 0.25) is 0 Å².